The predicted octanol–water partition coefficient (Wildman–Crippen LogP) is 24.1. The summed E-state index contributed by atoms with van der Waals surface area (Å²) in [5, 5.41) is 56.6. The number of para-hydroxylation sites is 5. The molecule has 13 aromatic heterocycles. The Hall–Kier alpha value is -13.6. The van der Waals surface area contributed by atoms with Gasteiger partial charge in [0.05, 0.1) is 52.6 Å². The van der Waals surface area contributed by atoms with E-state index in [4.69, 9.17) is 0 Å². The summed E-state index contributed by atoms with van der Waals surface area (Å²) in [4.78, 5) is 12.0. The van der Waals surface area contributed by atoms with Crippen molar-refractivity contribution in [3.05, 3.63) is 295 Å². The summed E-state index contributed by atoms with van der Waals surface area (Å²) >= 11 is 0. The molecule has 680 valence electrons. The molecule has 29 nitrogen and oxygen atoms in total. The molecule has 19 rings (SSSR count). The molecule has 0 fully saturated rings. The number of hydrogen-bond donors (Lipinski definition) is 0. The maximum Gasteiger partial charge on any atom is 0.138 e. The number of tetrazole rings is 1. The maximum absolute atomic E-state index is 4.43. The van der Waals surface area contributed by atoms with E-state index in [-0.39, 0.29) is 0 Å². The Morgan fingerprint density at radius 3 is 1.20 bits per heavy atom. The van der Waals surface area contributed by atoms with Gasteiger partial charge >= 0.3 is 0 Å². The zero-order valence-corrected chi connectivity index (χ0v) is 80.2. The molecule has 0 atom stereocenters. The van der Waals surface area contributed by atoms with Crippen LogP contribution < -0.4 is 0 Å². The molecule has 0 amide bonds. The van der Waals surface area contributed by atoms with Gasteiger partial charge in [-0.2, -0.15) is 20.4 Å². The van der Waals surface area contributed by atoms with Gasteiger partial charge in [0.2, 0.25) is 0 Å². The molecule has 19 aromatic rings. The maximum atomic E-state index is 4.43. The van der Waals surface area contributed by atoms with Gasteiger partial charge in [0.1, 0.15) is 37.2 Å². The molecule has 0 saturated carbocycles. The van der Waals surface area contributed by atoms with E-state index >= 15 is 0 Å². The van der Waals surface area contributed by atoms with Gasteiger partial charge in [0.25, 0.3) is 0 Å². The third-order valence-electron chi connectivity index (χ3n) is 19.5. The quantitative estimate of drug-likeness (QED) is 0.104. The first-order valence-electron chi connectivity index (χ1n) is 44.4. The van der Waals surface area contributed by atoms with Crippen LogP contribution in [0, 0.1) is 0 Å². The normalized spacial score (nSPS) is 10.9. The van der Waals surface area contributed by atoms with Gasteiger partial charge < -0.3 is 27.4 Å². The number of imidazole rings is 2. The average molecular weight is 1740 g/mol. The van der Waals surface area contributed by atoms with Crippen molar-refractivity contribution >= 4 is 65.5 Å². The molecule has 0 radical (unpaired) electrons. The van der Waals surface area contributed by atoms with Crippen molar-refractivity contribution in [2.45, 2.75) is 259 Å². The smallest absolute Gasteiger partial charge is 0.138 e. The van der Waals surface area contributed by atoms with E-state index in [2.05, 4.69) is 387 Å². The van der Waals surface area contributed by atoms with Crippen LogP contribution in [0.2, 0.25) is 0 Å². The SMILES string of the molecule is CC(C)n1cc2ccccc2c1.CC(C)n1cc2ccccc2n1.CC(C)n1ccc2ccccc21.CC(C)n1cccc1.CC(C)n1cccn1.CC(C)n1ccnc1.CC(C)n1ccnn1.CC(C)n1cnc2ccccc21.CC(C)n1cncn1.CC(C)n1cnnc1.CC(C)n1cnnn1.CC(C)n1ncc2ccccc21.CC(C)n1nnc2ccccc21. The summed E-state index contributed by atoms with van der Waals surface area (Å²) in [6, 6.07) is 63.9. The van der Waals surface area contributed by atoms with Crippen molar-refractivity contribution in [1.82, 2.24) is 142 Å². The van der Waals surface area contributed by atoms with Gasteiger partial charge in [0.15, 0.2) is 0 Å². The van der Waals surface area contributed by atoms with Gasteiger partial charge in [-0.1, -0.05) is 114 Å². The third-order valence-corrected chi connectivity index (χ3v) is 19.5. The van der Waals surface area contributed by atoms with E-state index in [0.29, 0.717) is 78.5 Å². The summed E-state index contributed by atoms with van der Waals surface area (Å²) in [7, 11) is 0. The van der Waals surface area contributed by atoms with Gasteiger partial charge in [-0.3, -0.25) is 23.4 Å². The largest absolute Gasteiger partial charge is 0.352 e. The van der Waals surface area contributed by atoms with Crippen LogP contribution >= 0.6 is 0 Å². The van der Waals surface area contributed by atoms with Crippen LogP contribution in [0.15, 0.2) is 295 Å². The Balaban J connectivity index is 0.000000191. The first kappa shape index (κ1) is 101. The molecule has 0 saturated heterocycles. The number of rotatable bonds is 13. The van der Waals surface area contributed by atoms with Crippen molar-refractivity contribution in [1.29, 1.82) is 0 Å². The molecule has 29 heteroatoms. The van der Waals surface area contributed by atoms with Crippen LogP contribution in [-0.2, 0) is 0 Å². The highest BCUT2D eigenvalue weighted by molar-refractivity contribution is 5.83. The molecule has 13 heterocycles. The molecule has 0 bridgehead atoms. The Morgan fingerprint density at radius 2 is 0.766 bits per heavy atom. The minimum Gasteiger partial charge on any atom is -0.352 e. The standard InChI is InChI=1S/2C11H13N.3C10H12N2.C9H11N3.C7H11N.2C6H10N2.3C5H9N3.C4H8N4/c1-9(2)12-7-10-5-3-4-6-11(10)8-12;1-9(2)12-8-7-10-5-3-4-6-11(10)12;1-8(2)12-7-11-9-5-3-4-6-10(9)12;1-8(2)12-7-9-5-3-4-6-10(9)11-12;1-8(2)12-10-6-4-3-5-9(10)7-11-12;1-7(2)12-9-6-4-3-5-8(9)10-11-12;1-7(2)8-5-3-4-6-8;1-6(2)8-4-3-7-5-8;1-6(2)8-5-3-4-7-8;1-5(2)8-3-6-7-4-8;1-5(2)8-4-6-3-7-8;1-5(2)8-4-3-6-7-8;1-4(2)8-3-5-6-7-8/h2*3-9H,1-2H3;3*3-8H,1-2H3;3-7H,1-2H3;3-7H,1-2H3;2*3-6H,1-2H3;3*3-5H,1-2H3;3-4H,1-2H3. The van der Waals surface area contributed by atoms with E-state index in [9.17, 15) is 0 Å². The van der Waals surface area contributed by atoms with E-state index in [1.54, 1.807) is 64.3 Å². The van der Waals surface area contributed by atoms with Crippen molar-refractivity contribution in [2.24, 2.45) is 0 Å². The Bertz CT molecular complexity index is 5120. The fraction of sp³-hybridized carbons (Fsp3) is 0.394. The summed E-state index contributed by atoms with van der Waals surface area (Å²) in [5.74, 6) is 0. The van der Waals surface area contributed by atoms with Gasteiger partial charge in [0, 0.05) is 163 Å². The van der Waals surface area contributed by atoms with Crippen LogP contribution in [-0.4, -0.2) is 142 Å². The molecule has 0 N–H and O–H groups in total. The highest BCUT2D eigenvalue weighted by Crippen LogP contribution is 2.23. The average Bonchev–Trinajstić information content (AvgIpc) is 1.62. The molecule has 6 aromatic carbocycles. The molecule has 0 aliphatic carbocycles. The lowest BCUT2D eigenvalue weighted by Crippen LogP contribution is -2.02. The lowest BCUT2D eigenvalue weighted by atomic mass is 10.2. The fourth-order valence-corrected chi connectivity index (χ4v) is 12.0. The van der Waals surface area contributed by atoms with E-state index in [1.807, 2.05) is 166 Å². The fourth-order valence-electron chi connectivity index (χ4n) is 12.0. The van der Waals surface area contributed by atoms with Crippen molar-refractivity contribution in [3.8, 4) is 0 Å². The van der Waals surface area contributed by atoms with E-state index in [0.717, 1.165) is 22.1 Å². The van der Waals surface area contributed by atoms with E-state index in [1.165, 1.54) is 43.5 Å². The second kappa shape index (κ2) is 53.0. The topological polar surface area (TPSA) is 270 Å². The Morgan fingerprint density at radius 1 is 0.242 bits per heavy atom. The minimum absolute atomic E-state index is 0.366. The van der Waals surface area contributed by atoms with Crippen LogP contribution in [0.5, 0.6) is 0 Å². The predicted molar refractivity (Wildman–Crippen MR) is 522 cm³/mol. The molecular weight excluding hydrogens is 1600 g/mol. The summed E-state index contributed by atoms with van der Waals surface area (Å²) in [5.41, 5.74) is 7.98. The number of fused-ring (bicyclic) bond motifs is 6. The molecule has 0 aliphatic heterocycles. The summed E-state index contributed by atoms with van der Waals surface area (Å²) in [6.07, 6.45) is 37.7. The molecule has 0 unspecified atom stereocenters. The van der Waals surface area contributed by atoms with Crippen molar-refractivity contribution in [2.75, 3.05) is 0 Å². The second-order valence-electron chi connectivity index (χ2n) is 33.9. The number of benzene rings is 6. The molecular formula is C99H139N29. The first-order valence-corrected chi connectivity index (χ1v) is 44.4. The highest BCUT2D eigenvalue weighted by atomic mass is 15.5. The summed E-state index contributed by atoms with van der Waals surface area (Å²) < 4.78 is 26.0. The lowest BCUT2D eigenvalue weighted by molar-refractivity contribution is 0.514. The highest BCUT2D eigenvalue weighted by Gasteiger charge is 2.09. The Kier molecular flexibility index (Phi) is 42.0. The van der Waals surface area contributed by atoms with Crippen LogP contribution in [0.4, 0.5) is 0 Å². The second-order valence-corrected chi connectivity index (χ2v) is 33.9. The lowest BCUT2D eigenvalue weighted by Gasteiger charge is -2.08. The molecule has 0 aliphatic rings. The number of hydrogen-bond acceptors (Lipinski definition) is 16. The van der Waals surface area contributed by atoms with Crippen LogP contribution in [0.3, 0.4) is 0 Å². The zero-order valence-electron chi connectivity index (χ0n) is 80.2. The third kappa shape index (κ3) is 33.1. The Labute approximate surface area is 756 Å². The molecule has 0 spiro atoms. The van der Waals surface area contributed by atoms with Gasteiger partial charge in [-0.25, -0.2) is 24.3 Å². The van der Waals surface area contributed by atoms with Gasteiger partial charge in [-0.15, -0.1) is 25.5 Å². The number of aromatic nitrogens is 29. The van der Waals surface area contributed by atoms with Crippen LogP contribution in [0.1, 0.15) is 259 Å². The first-order chi connectivity index (χ1) is 61.3. The van der Waals surface area contributed by atoms with E-state index < -0.39 is 0 Å². The van der Waals surface area contributed by atoms with Crippen molar-refractivity contribution < 1.29 is 0 Å². The minimum atomic E-state index is 0.366. The summed E-state index contributed by atoms with van der Waals surface area (Å²) in [6.45, 7) is 55.1. The van der Waals surface area contributed by atoms with Gasteiger partial charge in [-0.05, 0) is 273 Å². The monoisotopic (exact) mass is 1730 g/mol. The zero-order chi connectivity index (χ0) is 93.2. The van der Waals surface area contributed by atoms with Crippen molar-refractivity contribution in [3.63, 3.8) is 0 Å². The van der Waals surface area contributed by atoms with Crippen LogP contribution in [0.25, 0.3) is 65.5 Å². The number of nitrogens with zero attached hydrogens (tertiary/aromatic N) is 29. The molecule has 128 heavy (non-hydrogen) atoms.